The van der Waals surface area contributed by atoms with Crippen molar-refractivity contribution in [3.8, 4) is 0 Å². The van der Waals surface area contributed by atoms with Crippen LogP contribution in [0.15, 0.2) is 10.5 Å². The fraction of sp³-hybridized carbons (Fsp3) is 0.692. The second-order valence-corrected chi connectivity index (χ2v) is 5.06. The molecule has 1 aromatic heterocycles. The van der Waals surface area contributed by atoms with Crippen LogP contribution in [0.25, 0.3) is 0 Å². The third kappa shape index (κ3) is 8.01. The molecule has 0 atom stereocenters. The SMILES string of the molecule is CCOCCCCNC(=NC)NCc1scnc1C.I. The number of nitrogens with zero attached hydrogens (tertiary/aromatic N) is 2. The molecule has 1 heterocycles. The van der Waals surface area contributed by atoms with Crippen LogP contribution in [0, 0.1) is 6.92 Å². The lowest BCUT2D eigenvalue weighted by molar-refractivity contribution is 0.143. The van der Waals surface area contributed by atoms with E-state index in [0.717, 1.165) is 50.8 Å². The Bertz CT molecular complexity index is 384. The maximum atomic E-state index is 5.30. The van der Waals surface area contributed by atoms with Crippen LogP contribution in [0.2, 0.25) is 0 Å². The van der Waals surface area contributed by atoms with Gasteiger partial charge in [0, 0.05) is 31.7 Å². The number of hydrogen-bond acceptors (Lipinski definition) is 4. The van der Waals surface area contributed by atoms with E-state index in [1.165, 1.54) is 4.88 Å². The molecule has 5 nitrogen and oxygen atoms in total. The van der Waals surface area contributed by atoms with Crippen molar-refractivity contribution in [3.05, 3.63) is 16.1 Å². The van der Waals surface area contributed by atoms with Gasteiger partial charge in [-0.3, -0.25) is 4.99 Å². The molecule has 0 bridgehead atoms. The highest BCUT2D eigenvalue weighted by Crippen LogP contribution is 2.10. The summed E-state index contributed by atoms with van der Waals surface area (Å²) in [6.45, 7) is 7.36. The van der Waals surface area contributed by atoms with Crippen LogP contribution in [-0.2, 0) is 11.3 Å². The van der Waals surface area contributed by atoms with Crippen LogP contribution in [0.4, 0.5) is 0 Å². The molecule has 116 valence electrons. The number of rotatable bonds is 8. The smallest absolute Gasteiger partial charge is 0.191 e. The predicted octanol–water partition coefficient (Wildman–Crippen LogP) is 2.55. The number of aliphatic imine (C=N–C) groups is 1. The third-order valence-electron chi connectivity index (χ3n) is 2.70. The summed E-state index contributed by atoms with van der Waals surface area (Å²) in [5.41, 5.74) is 2.96. The quantitative estimate of drug-likeness (QED) is 0.298. The Kier molecular flexibility index (Phi) is 12.1. The van der Waals surface area contributed by atoms with Crippen molar-refractivity contribution < 1.29 is 4.74 Å². The van der Waals surface area contributed by atoms with Crippen molar-refractivity contribution in [2.24, 2.45) is 4.99 Å². The molecule has 1 aromatic rings. The highest BCUT2D eigenvalue weighted by molar-refractivity contribution is 14.0. The molecule has 0 saturated carbocycles. The molecule has 0 aromatic carbocycles. The van der Waals surface area contributed by atoms with E-state index in [0.29, 0.717) is 0 Å². The van der Waals surface area contributed by atoms with E-state index >= 15 is 0 Å². The zero-order chi connectivity index (χ0) is 13.9. The minimum atomic E-state index is 0. The van der Waals surface area contributed by atoms with E-state index in [1.807, 2.05) is 19.4 Å². The van der Waals surface area contributed by atoms with Crippen molar-refractivity contribution in [2.75, 3.05) is 26.8 Å². The maximum absolute atomic E-state index is 5.30. The second-order valence-electron chi connectivity index (χ2n) is 4.12. The lowest BCUT2D eigenvalue weighted by Crippen LogP contribution is -2.37. The zero-order valence-corrected chi connectivity index (χ0v) is 15.6. The van der Waals surface area contributed by atoms with Gasteiger partial charge in [-0.15, -0.1) is 35.3 Å². The average molecular weight is 412 g/mol. The van der Waals surface area contributed by atoms with E-state index in [-0.39, 0.29) is 24.0 Å². The number of hydrogen-bond donors (Lipinski definition) is 2. The number of aromatic nitrogens is 1. The first-order valence-electron chi connectivity index (χ1n) is 6.69. The topological polar surface area (TPSA) is 58.5 Å². The van der Waals surface area contributed by atoms with Gasteiger partial charge in [0.2, 0.25) is 0 Å². The van der Waals surface area contributed by atoms with Crippen molar-refractivity contribution in [1.29, 1.82) is 0 Å². The van der Waals surface area contributed by atoms with Gasteiger partial charge < -0.3 is 15.4 Å². The number of ether oxygens (including phenoxy) is 1. The summed E-state index contributed by atoms with van der Waals surface area (Å²) < 4.78 is 5.30. The van der Waals surface area contributed by atoms with Crippen molar-refractivity contribution >= 4 is 41.3 Å². The minimum Gasteiger partial charge on any atom is -0.382 e. The Balaban J connectivity index is 0.00000361. The number of thiazole rings is 1. The van der Waals surface area contributed by atoms with E-state index in [2.05, 4.69) is 20.6 Å². The predicted molar refractivity (Wildman–Crippen MR) is 96.2 cm³/mol. The number of aryl methyl sites for hydroxylation is 1. The Morgan fingerprint density at radius 3 is 2.80 bits per heavy atom. The second kappa shape index (κ2) is 12.3. The monoisotopic (exact) mass is 412 g/mol. The zero-order valence-electron chi connectivity index (χ0n) is 12.4. The maximum Gasteiger partial charge on any atom is 0.191 e. The molecule has 0 aliphatic rings. The first kappa shape index (κ1) is 19.6. The van der Waals surface area contributed by atoms with Gasteiger partial charge in [0.05, 0.1) is 17.7 Å². The van der Waals surface area contributed by atoms with Crippen molar-refractivity contribution in [2.45, 2.75) is 33.2 Å². The summed E-state index contributed by atoms with van der Waals surface area (Å²) in [6, 6.07) is 0. The molecule has 0 aliphatic heterocycles. The van der Waals surface area contributed by atoms with Crippen LogP contribution in [0.3, 0.4) is 0 Å². The standard InChI is InChI=1S/C13H24N4OS.HI/c1-4-18-8-6-5-7-15-13(14-3)16-9-12-11(2)17-10-19-12;/h10H,4-9H2,1-3H3,(H2,14,15,16);1H. The van der Waals surface area contributed by atoms with Crippen molar-refractivity contribution in [1.82, 2.24) is 15.6 Å². The molecule has 0 amide bonds. The molecular formula is C13H25IN4OS. The number of guanidine groups is 1. The molecule has 20 heavy (non-hydrogen) atoms. The minimum absolute atomic E-state index is 0. The molecule has 2 N–H and O–H groups in total. The van der Waals surface area contributed by atoms with Gasteiger partial charge in [-0.1, -0.05) is 0 Å². The fourth-order valence-electron chi connectivity index (χ4n) is 1.56. The van der Waals surface area contributed by atoms with Gasteiger partial charge in [-0.2, -0.15) is 0 Å². The summed E-state index contributed by atoms with van der Waals surface area (Å²) in [4.78, 5) is 9.68. The summed E-state index contributed by atoms with van der Waals surface area (Å²) in [6.07, 6.45) is 2.16. The first-order chi connectivity index (χ1) is 9.27. The Labute approximate surface area is 142 Å². The normalized spacial score (nSPS) is 11.1. The van der Waals surface area contributed by atoms with Crippen LogP contribution < -0.4 is 10.6 Å². The molecule has 7 heteroatoms. The highest BCUT2D eigenvalue weighted by atomic mass is 127. The van der Waals surface area contributed by atoms with Gasteiger partial charge in [-0.05, 0) is 26.7 Å². The third-order valence-corrected chi connectivity index (χ3v) is 3.63. The molecule has 0 unspecified atom stereocenters. The largest absolute Gasteiger partial charge is 0.382 e. The van der Waals surface area contributed by atoms with Crippen LogP contribution in [0.5, 0.6) is 0 Å². The van der Waals surface area contributed by atoms with Crippen LogP contribution >= 0.6 is 35.3 Å². The lowest BCUT2D eigenvalue weighted by Gasteiger charge is -2.11. The number of nitrogens with one attached hydrogen (secondary N) is 2. The average Bonchev–Trinajstić information content (AvgIpc) is 2.83. The molecular weight excluding hydrogens is 387 g/mol. The Morgan fingerprint density at radius 2 is 2.20 bits per heavy atom. The van der Waals surface area contributed by atoms with Crippen LogP contribution in [-0.4, -0.2) is 37.7 Å². The van der Waals surface area contributed by atoms with Crippen molar-refractivity contribution in [3.63, 3.8) is 0 Å². The highest BCUT2D eigenvalue weighted by Gasteiger charge is 2.02. The lowest BCUT2D eigenvalue weighted by atomic mass is 10.3. The van der Waals surface area contributed by atoms with Gasteiger partial charge in [0.25, 0.3) is 0 Å². The molecule has 1 rings (SSSR count). The summed E-state index contributed by atoms with van der Waals surface area (Å²) in [7, 11) is 1.79. The summed E-state index contributed by atoms with van der Waals surface area (Å²) >= 11 is 1.67. The van der Waals surface area contributed by atoms with Gasteiger partial charge in [0.1, 0.15) is 0 Å². The Morgan fingerprint density at radius 1 is 1.40 bits per heavy atom. The fourth-order valence-corrected chi connectivity index (χ4v) is 2.28. The first-order valence-corrected chi connectivity index (χ1v) is 7.57. The van der Waals surface area contributed by atoms with Gasteiger partial charge in [0.15, 0.2) is 5.96 Å². The molecule has 0 aliphatic carbocycles. The van der Waals surface area contributed by atoms with E-state index < -0.39 is 0 Å². The molecule has 0 fully saturated rings. The number of unbranched alkanes of at least 4 members (excludes halogenated alkanes) is 1. The molecule has 0 radical (unpaired) electrons. The summed E-state index contributed by atoms with van der Waals surface area (Å²) in [5, 5.41) is 6.59. The van der Waals surface area contributed by atoms with Crippen LogP contribution in [0.1, 0.15) is 30.3 Å². The molecule has 0 spiro atoms. The molecule has 0 saturated heterocycles. The van der Waals surface area contributed by atoms with E-state index in [9.17, 15) is 0 Å². The number of halogens is 1. The Hall–Kier alpha value is -0.410. The van der Waals surface area contributed by atoms with Gasteiger partial charge in [-0.25, -0.2) is 4.98 Å². The van der Waals surface area contributed by atoms with Gasteiger partial charge >= 0.3 is 0 Å². The summed E-state index contributed by atoms with van der Waals surface area (Å²) in [5.74, 6) is 0.837. The van der Waals surface area contributed by atoms with E-state index in [1.54, 1.807) is 18.4 Å². The van der Waals surface area contributed by atoms with E-state index in [4.69, 9.17) is 4.74 Å².